The summed E-state index contributed by atoms with van der Waals surface area (Å²) in [5.74, 6) is -1.03. The number of amides is 1. The normalized spacial score (nSPS) is 11.2. The first-order chi connectivity index (χ1) is 12.0. The third kappa shape index (κ3) is 4.88. The van der Waals surface area contributed by atoms with Gasteiger partial charge in [-0.15, -0.1) is 0 Å². The lowest BCUT2D eigenvalue weighted by atomic mass is 10.1. The maximum absolute atomic E-state index is 12.0. The van der Waals surface area contributed by atoms with Gasteiger partial charge in [0.05, 0.1) is 0 Å². The highest BCUT2D eigenvalue weighted by molar-refractivity contribution is 5.97. The Kier molecular flexibility index (Phi) is 5.80. The molecule has 0 saturated carbocycles. The van der Waals surface area contributed by atoms with Crippen LogP contribution in [0.4, 0.5) is 0 Å². The molecule has 126 valence electrons. The van der Waals surface area contributed by atoms with Crippen LogP contribution in [0, 0.1) is 11.3 Å². The number of nitriles is 1. The van der Waals surface area contributed by atoms with E-state index in [0.29, 0.717) is 5.56 Å². The second-order valence-electron chi connectivity index (χ2n) is 5.11. The average Bonchev–Trinajstić information content (AvgIpc) is 2.61. The first-order valence-electron chi connectivity index (χ1n) is 7.37. The van der Waals surface area contributed by atoms with Gasteiger partial charge in [-0.05, 0) is 29.8 Å². The van der Waals surface area contributed by atoms with Gasteiger partial charge in [0, 0.05) is 12.1 Å². The molecule has 2 aromatic carbocycles. The van der Waals surface area contributed by atoms with Gasteiger partial charge in [-0.25, -0.2) is 0 Å². The molecule has 0 spiro atoms. The van der Waals surface area contributed by atoms with Crippen LogP contribution < -0.4 is 5.32 Å². The van der Waals surface area contributed by atoms with Gasteiger partial charge >= 0.3 is 0 Å². The topological polar surface area (TPSA) is 114 Å². The maximum Gasteiger partial charge on any atom is 0.262 e. The quantitative estimate of drug-likeness (QED) is 0.290. The summed E-state index contributed by atoms with van der Waals surface area (Å²) in [6.07, 6.45) is 4.60. The van der Waals surface area contributed by atoms with E-state index in [-0.39, 0.29) is 29.4 Å². The van der Waals surface area contributed by atoms with E-state index in [1.54, 1.807) is 36.4 Å². The number of aromatic hydroxyl groups is 3. The van der Waals surface area contributed by atoms with E-state index in [4.69, 9.17) is 5.26 Å². The fraction of sp³-hybridized carbons (Fsp3) is 0.0526. The number of phenolic OH excluding ortho intramolecular Hbond substituents is 3. The van der Waals surface area contributed by atoms with Crippen molar-refractivity contribution < 1.29 is 20.1 Å². The van der Waals surface area contributed by atoms with Crippen LogP contribution in [0.5, 0.6) is 17.2 Å². The summed E-state index contributed by atoms with van der Waals surface area (Å²) >= 11 is 0. The van der Waals surface area contributed by atoms with Gasteiger partial charge < -0.3 is 20.6 Å². The van der Waals surface area contributed by atoms with Crippen molar-refractivity contribution in [2.45, 2.75) is 6.54 Å². The molecule has 2 aromatic rings. The largest absolute Gasteiger partial charge is 0.508 e. The van der Waals surface area contributed by atoms with Gasteiger partial charge in [0.15, 0.2) is 11.5 Å². The van der Waals surface area contributed by atoms with Crippen LogP contribution in [0.1, 0.15) is 11.1 Å². The molecule has 4 N–H and O–H groups in total. The van der Waals surface area contributed by atoms with E-state index in [0.717, 1.165) is 5.56 Å². The summed E-state index contributed by atoms with van der Waals surface area (Å²) < 4.78 is 0. The summed E-state index contributed by atoms with van der Waals surface area (Å²) in [5.41, 5.74) is 1.04. The molecule has 2 rings (SSSR count). The molecule has 1 amide bonds. The van der Waals surface area contributed by atoms with E-state index >= 15 is 0 Å². The van der Waals surface area contributed by atoms with Gasteiger partial charge in [0.1, 0.15) is 17.4 Å². The van der Waals surface area contributed by atoms with Gasteiger partial charge in [-0.3, -0.25) is 4.79 Å². The zero-order chi connectivity index (χ0) is 18.2. The first kappa shape index (κ1) is 17.6. The van der Waals surface area contributed by atoms with E-state index in [1.807, 2.05) is 0 Å². The Balaban J connectivity index is 2.01. The third-order valence-electron chi connectivity index (χ3n) is 3.35. The zero-order valence-corrected chi connectivity index (χ0v) is 13.2. The van der Waals surface area contributed by atoms with Crippen molar-refractivity contribution in [1.82, 2.24) is 5.32 Å². The number of rotatable bonds is 5. The number of carbonyl (C=O) groups is 1. The molecular weight excluding hydrogens is 320 g/mol. The third-order valence-corrected chi connectivity index (χ3v) is 3.35. The van der Waals surface area contributed by atoms with Crippen LogP contribution in [-0.2, 0) is 11.3 Å². The maximum atomic E-state index is 12.0. The molecule has 0 unspecified atom stereocenters. The van der Waals surface area contributed by atoms with Crippen molar-refractivity contribution in [1.29, 1.82) is 5.26 Å². The lowest BCUT2D eigenvalue weighted by Crippen LogP contribution is -2.24. The molecule has 0 aromatic heterocycles. The van der Waals surface area contributed by atoms with Crippen LogP contribution in [-0.4, -0.2) is 21.2 Å². The lowest BCUT2D eigenvalue weighted by molar-refractivity contribution is -0.117. The van der Waals surface area contributed by atoms with Crippen LogP contribution in [0.15, 0.2) is 60.2 Å². The Morgan fingerprint density at radius 3 is 2.52 bits per heavy atom. The minimum atomic E-state index is -0.597. The number of nitrogens with zero attached hydrogens (tertiary/aromatic N) is 1. The predicted molar refractivity (Wildman–Crippen MR) is 92.5 cm³/mol. The molecule has 0 atom stereocenters. The standard InChI is InChI=1S/C19H16N2O4/c20-11-14(4-1-3-13-7-9-16(22)10-8-13)19(25)21-12-15-5-2-6-17(23)18(15)24/h1-10,22-24H,12H2,(H,21,25)/b3-1+,14-4+. The highest BCUT2D eigenvalue weighted by atomic mass is 16.3. The second kappa shape index (κ2) is 8.22. The summed E-state index contributed by atoms with van der Waals surface area (Å²) in [6.45, 7) is -0.0280. The van der Waals surface area contributed by atoms with Gasteiger partial charge in [0.2, 0.25) is 0 Å². The molecule has 0 heterocycles. The molecule has 0 aliphatic heterocycles. The zero-order valence-electron chi connectivity index (χ0n) is 13.2. The highest BCUT2D eigenvalue weighted by Gasteiger charge is 2.10. The van der Waals surface area contributed by atoms with Crippen molar-refractivity contribution in [2.24, 2.45) is 0 Å². The van der Waals surface area contributed by atoms with Crippen molar-refractivity contribution in [3.63, 3.8) is 0 Å². The van der Waals surface area contributed by atoms with Crippen molar-refractivity contribution in [2.75, 3.05) is 0 Å². The molecule has 6 nitrogen and oxygen atoms in total. The van der Waals surface area contributed by atoms with Crippen molar-refractivity contribution in [3.8, 4) is 23.3 Å². The van der Waals surface area contributed by atoms with Crippen LogP contribution in [0.25, 0.3) is 6.08 Å². The van der Waals surface area contributed by atoms with E-state index in [9.17, 15) is 20.1 Å². The Hall–Kier alpha value is -3.72. The monoisotopic (exact) mass is 336 g/mol. The summed E-state index contributed by atoms with van der Waals surface area (Å²) in [5, 5.41) is 39.9. The van der Waals surface area contributed by atoms with Crippen LogP contribution in [0.3, 0.4) is 0 Å². The summed E-state index contributed by atoms with van der Waals surface area (Å²) in [4.78, 5) is 12.0. The van der Waals surface area contributed by atoms with Crippen molar-refractivity contribution in [3.05, 3.63) is 71.3 Å². The Morgan fingerprint density at radius 2 is 1.84 bits per heavy atom. The first-order valence-corrected chi connectivity index (χ1v) is 7.37. The van der Waals surface area contributed by atoms with E-state index < -0.39 is 5.91 Å². The SMILES string of the molecule is N#C/C(=C\C=C\c1ccc(O)cc1)C(=O)NCc1cccc(O)c1O. The summed E-state index contributed by atoms with van der Waals surface area (Å²) in [7, 11) is 0. The number of nitrogens with one attached hydrogen (secondary N) is 1. The molecule has 0 aliphatic carbocycles. The predicted octanol–water partition coefficient (Wildman–Crippen LogP) is 2.58. The van der Waals surface area contributed by atoms with E-state index in [2.05, 4.69) is 5.32 Å². The fourth-order valence-electron chi connectivity index (χ4n) is 2.00. The Bertz CT molecular complexity index is 862. The molecule has 0 saturated heterocycles. The van der Waals surface area contributed by atoms with Gasteiger partial charge in [0.25, 0.3) is 5.91 Å². The minimum absolute atomic E-state index is 0.0280. The molecule has 0 bridgehead atoms. The lowest BCUT2D eigenvalue weighted by Gasteiger charge is -2.07. The average molecular weight is 336 g/mol. The van der Waals surface area contributed by atoms with E-state index in [1.165, 1.54) is 30.3 Å². The number of benzene rings is 2. The molecule has 0 fully saturated rings. The van der Waals surface area contributed by atoms with Crippen LogP contribution in [0.2, 0.25) is 0 Å². The number of phenols is 3. The molecule has 25 heavy (non-hydrogen) atoms. The van der Waals surface area contributed by atoms with Crippen molar-refractivity contribution >= 4 is 12.0 Å². The number of hydrogen-bond acceptors (Lipinski definition) is 5. The molecule has 6 heteroatoms. The number of hydrogen-bond donors (Lipinski definition) is 4. The highest BCUT2D eigenvalue weighted by Crippen LogP contribution is 2.27. The number of para-hydroxylation sites is 1. The second-order valence-corrected chi connectivity index (χ2v) is 5.11. The van der Waals surface area contributed by atoms with Gasteiger partial charge in [-0.2, -0.15) is 5.26 Å². The Morgan fingerprint density at radius 1 is 1.12 bits per heavy atom. The minimum Gasteiger partial charge on any atom is -0.508 e. The molecular formula is C19H16N2O4. The molecule has 0 radical (unpaired) electrons. The number of allylic oxidation sites excluding steroid dienone is 2. The summed E-state index contributed by atoms with van der Waals surface area (Å²) in [6, 6.07) is 12.7. The molecule has 0 aliphatic rings. The van der Waals surface area contributed by atoms with Crippen LogP contribution >= 0.6 is 0 Å². The number of carbonyl (C=O) groups excluding carboxylic acids is 1. The smallest absolute Gasteiger partial charge is 0.262 e. The Labute approximate surface area is 144 Å². The van der Waals surface area contributed by atoms with Gasteiger partial charge in [-0.1, -0.05) is 36.4 Å². The fourth-order valence-corrected chi connectivity index (χ4v) is 2.00.